The Morgan fingerprint density at radius 3 is 2.59 bits per heavy atom. The fourth-order valence-corrected chi connectivity index (χ4v) is 2.59. The van der Waals surface area contributed by atoms with Crippen molar-refractivity contribution in [3.63, 3.8) is 0 Å². The number of carbonyl (C=O) groups is 1. The van der Waals surface area contributed by atoms with Crippen molar-refractivity contribution in [2.45, 2.75) is 32.3 Å². The molecule has 0 aromatic heterocycles. The largest absolute Gasteiger partial charge is 0.378 e. The molecule has 0 bridgehead atoms. The first-order valence-corrected chi connectivity index (χ1v) is 7.17. The first kappa shape index (κ1) is 13.0. The van der Waals surface area contributed by atoms with Gasteiger partial charge in [0, 0.05) is 22.2 Å². The number of rotatable bonds is 5. The van der Waals surface area contributed by atoms with E-state index in [-0.39, 0.29) is 5.78 Å². The molecule has 0 saturated heterocycles. The molecule has 1 aliphatic rings. The molecule has 1 aromatic rings. The van der Waals surface area contributed by atoms with Crippen LogP contribution in [-0.2, 0) is 4.74 Å². The lowest BCUT2D eigenvalue weighted by Crippen LogP contribution is -2.32. The van der Waals surface area contributed by atoms with Crippen LogP contribution in [0.15, 0.2) is 24.3 Å². The molecule has 1 saturated carbocycles. The predicted molar refractivity (Wildman–Crippen MR) is 76.2 cm³/mol. The minimum Gasteiger partial charge on any atom is -0.378 e. The summed E-state index contributed by atoms with van der Waals surface area (Å²) in [5.41, 5.74) is 0.838. The SMILES string of the molecule is CCOC1CC(CC(=O)c2ccc(I)cc2)C1. The van der Waals surface area contributed by atoms with Gasteiger partial charge in [-0.1, -0.05) is 12.1 Å². The van der Waals surface area contributed by atoms with Crippen LogP contribution >= 0.6 is 22.6 Å². The maximum Gasteiger partial charge on any atom is 0.163 e. The zero-order valence-corrected chi connectivity index (χ0v) is 12.1. The highest BCUT2D eigenvalue weighted by atomic mass is 127. The van der Waals surface area contributed by atoms with Crippen molar-refractivity contribution in [1.29, 1.82) is 0 Å². The number of ether oxygens (including phenoxy) is 1. The quantitative estimate of drug-likeness (QED) is 0.602. The molecule has 92 valence electrons. The zero-order chi connectivity index (χ0) is 12.3. The highest BCUT2D eigenvalue weighted by molar-refractivity contribution is 14.1. The molecule has 2 rings (SSSR count). The van der Waals surface area contributed by atoms with Gasteiger partial charge in [0.15, 0.2) is 5.78 Å². The van der Waals surface area contributed by atoms with E-state index in [9.17, 15) is 4.79 Å². The Morgan fingerprint density at radius 1 is 1.35 bits per heavy atom. The van der Waals surface area contributed by atoms with Gasteiger partial charge in [0.2, 0.25) is 0 Å². The van der Waals surface area contributed by atoms with E-state index in [1.54, 1.807) is 0 Å². The molecule has 0 atom stereocenters. The maximum atomic E-state index is 12.0. The molecule has 2 nitrogen and oxygen atoms in total. The van der Waals surface area contributed by atoms with E-state index in [1.165, 1.54) is 3.57 Å². The van der Waals surface area contributed by atoms with E-state index in [2.05, 4.69) is 22.6 Å². The zero-order valence-electron chi connectivity index (χ0n) is 9.99. The average molecular weight is 344 g/mol. The van der Waals surface area contributed by atoms with Crippen molar-refractivity contribution < 1.29 is 9.53 Å². The summed E-state index contributed by atoms with van der Waals surface area (Å²) in [6.07, 6.45) is 3.16. The van der Waals surface area contributed by atoms with Crippen molar-refractivity contribution in [3.05, 3.63) is 33.4 Å². The van der Waals surface area contributed by atoms with Crippen LogP contribution in [0.3, 0.4) is 0 Å². The van der Waals surface area contributed by atoms with Crippen molar-refractivity contribution in [1.82, 2.24) is 0 Å². The maximum absolute atomic E-state index is 12.0. The van der Waals surface area contributed by atoms with E-state index in [0.29, 0.717) is 18.4 Å². The second kappa shape index (κ2) is 5.96. The Hall–Kier alpha value is -0.420. The number of carbonyl (C=O) groups excluding carboxylic acids is 1. The lowest BCUT2D eigenvalue weighted by molar-refractivity contribution is -0.0246. The summed E-state index contributed by atoms with van der Waals surface area (Å²) in [7, 11) is 0. The van der Waals surface area contributed by atoms with Gasteiger partial charge in [0.1, 0.15) is 0 Å². The van der Waals surface area contributed by atoms with Crippen LogP contribution in [0.25, 0.3) is 0 Å². The minimum atomic E-state index is 0.265. The molecule has 17 heavy (non-hydrogen) atoms. The van der Waals surface area contributed by atoms with Crippen LogP contribution in [0.4, 0.5) is 0 Å². The Balaban J connectivity index is 1.81. The van der Waals surface area contributed by atoms with Gasteiger partial charge in [-0.25, -0.2) is 0 Å². The van der Waals surface area contributed by atoms with Gasteiger partial charge in [0.05, 0.1) is 6.10 Å². The van der Waals surface area contributed by atoms with Gasteiger partial charge in [-0.05, 0) is 60.4 Å². The summed E-state index contributed by atoms with van der Waals surface area (Å²) in [5.74, 6) is 0.791. The van der Waals surface area contributed by atoms with Crippen molar-refractivity contribution >= 4 is 28.4 Å². The molecule has 1 aromatic carbocycles. The van der Waals surface area contributed by atoms with Crippen LogP contribution in [0, 0.1) is 9.49 Å². The smallest absolute Gasteiger partial charge is 0.163 e. The van der Waals surface area contributed by atoms with E-state index in [1.807, 2.05) is 31.2 Å². The molecule has 1 fully saturated rings. The summed E-state index contributed by atoms with van der Waals surface area (Å²) in [6, 6.07) is 7.81. The Bertz CT molecular complexity index is 380. The number of halogens is 1. The monoisotopic (exact) mass is 344 g/mol. The van der Waals surface area contributed by atoms with Gasteiger partial charge < -0.3 is 4.74 Å². The fourth-order valence-electron chi connectivity index (χ4n) is 2.23. The third kappa shape index (κ3) is 3.52. The van der Waals surface area contributed by atoms with Gasteiger partial charge in [-0.2, -0.15) is 0 Å². The highest BCUT2D eigenvalue weighted by Crippen LogP contribution is 2.33. The van der Waals surface area contributed by atoms with Crippen molar-refractivity contribution in [2.24, 2.45) is 5.92 Å². The van der Waals surface area contributed by atoms with Crippen molar-refractivity contribution in [2.75, 3.05) is 6.61 Å². The molecule has 0 aliphatic heterocycles. The third-order valence-electron chi connectivity index (χ3n) is 3.24. The van der Waals surface area contributed by atoms with E-state index in [4.69, 9.17) is 4.74 Å². The van der Waals surface area contributed by atoms with Gasteiger partial charge in [-0.3, -0.25) is 4.79 Å². The molecule has 0 N–H and O–H groups in total. The first-order valence-electron chi connectivity index (χ1n) is 6.09. The Kier molecular flexibility index (Phi) is 4.56. The molecular formula is C14H17IO2. The van der Waals surface area contributed by atoms with Crippen LogP contribution < -0.4 is 0 Å². The topological polar surface area (TPSA) is 26.3 Å². The van der Waals surface area contributed by atoms with Crippen LogP contribution in [0.5, 0.6) is 0 Å². The second-order valence-corrected chi connectivity index (χ2v) is 5.79. The summed E-state index contributed by atoms with van der Waals surface area (Å²) in [5, 5.41) is 0. The lowest BCUT2D eigenvalue weighted by Gasteiger charge is -2.34. The standard InChI is InChI=1S/C14H17IO2/c1-2-17-13-7-10(8-13)9-14(16)11-3-5-12(15)6-4-11/h3-6,10,13H,2,7-9H2,1H3. The van der Waals surface area contributed by atoms with Crippen LogP contribution in [0.1, 0.15) is 36.5 Å². The highest BCUT2D eigenvalue weighted by Gasteiger charge is 2.31. The molecular weight excluding hydrogens is 327 g/mol. The normalized spacial score (nSPS) is 23.2. The van der Waals surface area contributed by atoms with Gasteiger partial charge in [-0.15, -0.1) is 0 Å². The molecule has 3 heteroatoms. The summed E-state index contributed by atoms with van der Waals surface area (Å²) < 4.78 is 6.66. The number of benzene rings is 1. The van der Waals surface area contributed by atoms with Crippen LogP contribution in [0.2, 0.25) is 0 Å². The van der Waals surface area contributed by atoms with E-state index in [0.717, 1.165) is 25.0 Å². The minimum absolute atomic E-state index is 0.265. The van der Waals surface area contributed by atoms with Crippen LogP contribution in [-0.4, -0.2) is 18.5 Å². The molecule has 1 aliphatic carbocycles. The van der Waals surface area contributed by atoms with Gasteiger partial charge >= 0.3 is 0 Å². The Morgan fingerprint density at radius 2 is 2.00 bits per heavy atom. The summed E-state index contributed by atoms with van der Waals surface area (Å²) in [4.78, 5) is 12.0. The lowest BCUT2D eigenvalue weighted by atomic mass is 9.78. The Labute approximate surface area is 116 Å². The number of hydrogen-bond donors (Lipinski definition) is 0. The molecule has 0 amide bonds. The number of hydrogen-bond acceptors (Lipinski definition) is 2. The van der Waals surface area contributed by atoms with Crippen molar-refractivity contribution in [3.8, 4) is 0 Å². The van der Waals surface area contributed by atoms with Gasteiger partial charge in [0.25, 0.3) is 0 Å². The molecule has 0 spiro atoms. The molecule has 0 unspecified atom stereocenters. The number of ketones is 1. The first-order chi connectivity index (χ1) is 8.19. The summed E-state index contributed by atoms with van der Waals surface area (Å²) >= 11 is 2.25. The fraction of sp³-hybridized carbons (Fsp3) is 0.500. The molecule has 0 heterocycles. The van der Waals surface area contributed by atoms with E-state index < -0.39 is 0 Å². The third-order valence-corrected chi connectivity index (χ3v) is 3.95. The second-order valence-electron chi connectivity index (χ2n) is 4.55. The number of Topliss-reactive ketones (excluding diaryl/α,β-unsaturated/α-hetero) is 1. The van der Waals surface area contributed by atoms with E-state index >= 15 is 0 Å². The predicted octanol–water partition coefficient (Wildman–Crippen LogP) is 3.68. The average Bonchev–Trinajstić information content (AvgIpc) is 2.27. The molecule has 0 radical (unpaired) electrons. The summed E-state index contributed by atoms with van der Waals surface area (Å²) in [6.45, 7) is 2.80.